The second-order valence-corrected chi connectivity index (χ2v) is 8.85. The largest absolute Gasteiger partial charge is 0.484 e. The van der Waals surface area contributed by atoms with Gasteiger partial charge in [-0.15, -0.1) is 0 Å². The van der Waals surface area contributed by atoms with Crippen LogP contribution >= 0.6 is 11.6 Å². The molecule has 3 rings (SSSR count). The van der Waals surface area contributed by atoms with E-state index in [-0.39, 0.29) is 28.0 Å². The van der Waals surface area contributed by atoms with Gasteiger partial charge < -0.3 is 9.64 Å². The minimum Gasteiger partial charge on any atom is -0.484 e. The first-order valence-electron chi connectivity index (χ1n) is 8.31. The summed E-state index contributed by atoms with van der Waals surface area (Å²) >= 11 is 6.02. The number of nitrogens with zero attached hydrogens (tertiary/aromatic N) is 4. The van der Waals surface area contributed by atoms with Crippen molar-refractivity contribution in [2.75, 3.05) is 24.6 Å². The summed E-state index contributed by atoms with van der Waals surface area (Å²) in [5.41, 5.74) is 0. The number of aromatic nitrogens is 2. The van der Waals surface area contributed by atoms with Gasteiger partial charge in [0.15, 0.2) is 16.4 Å². The molecule has 1 aromatic heterocycles. The van der Waals surface area contributed by atoms with Gasteiger partial charge in [0.1, 0.15) is 17.6 Å². The summed E-state index contributed by atoms with van der Waals surface area (Å²) in [7, 11) is -3.85. The molecule has 0 spiro atoms. The van der Waals surface area contributed by atoms with E-state index in [4.69, 9.17) is 16.9 Å². The fourth-order valence-corrected chi connectivity index (χ4v) is 5.15. The standard InChI is InChI=1S/C17H14ClF3N4O3S/c18-13-7-11(28-10-17(19,20)21)1-2-14(13)29(26,27)12-4-6-25(9-12)16-3-5-23-15(8-22)24-16/h1-3,5,7,12H,4,6,9-10H2/t12-/m0/s1. The van der Waals surface area contributed by atoms with Crippen molar-refractivity contribution in [3.63, 3.8) is 0 Å². The van der Waals surface area contributed by atoms with Crippen molar-refractivity contribution in [1.29, 1.82) is 5.26 Å². The van der Waals surface area contributed by atoms with Gasteiger partial charge in [-0.2, -0.15) is 18.4 Å². The highest BCUT2D eigenvalue weighted by Crippen LogP contribution is 2.33. The summed E-state index contributed by atoms with van der Waals surface area (Å²) in [6.45, 7) is -0.973. The Bertz CT molecular complexity index is 1060. The van der Waals surface area contributed by atoms with Crippen LogP contribution in [0.1, 0.15) is 12.2 Å². The van der Waals surface area contributed by atoms with E-state index in [2.05, 4.69) is 14.7 Å². The molecule has 0 amide bonds. The summed E-state index contributed by atoms with van der Waals surface area (Å²) in [5, 5.41) is 7.89. The molecule has 1 aliphatic heterocycles. The van der Waals surface area contributed by atoms with Crippen LogP contribution in [0.4, 0.5) is 19.0 Å². The quantitative estimate of drug-likeness (QED) is 0.696. The van der Waals surface area contributed by atoms with Gasteiger partial charge >= 0.3 is 6.18 Å². The number of hydrogen-bond acceptors (Lipinski definition) is 7. The van der Waals surface area contributed by atoms with Crippen molar-refractivity contribution in [2.45, 2.75) is 22.7 Å². The molecule has 0 radical (unpaired) electrons. The van der Waals surface area contributed by atoms with E-state index in [1.165, 1.54) is 6.20 Å². The molecule has 2 heterocycles. The normalized spacial score (nSPS) is 17.2. The molecule has 1 atom stereocenters. The van der Waals surface area contributed by atoms with E-state index < -0.39 is 27.9 Å². The lowest BCUT2D eigenvalue weighted by molar-refractivity contribution is -0.153. The average Bonchev–Trinajstić information content (AvgIpc) is 3.17. The lowest BCUT2D eigenvalue weighted by atomic mass is 10.3. The Morgan fingerprint density at radius 3 is 2.76 bits per heavy atom. The predicted molar refractivity (Wildman–Crippen MR) is 97.6 cm³/mol. The number of anilines is 1. The summed E-state index contributed by atoms with van der Waals surface area (Å²) in [6, 6.07) is 6.74. The van der Waals surface area contributed by atoms with Gasteiger partial charge in [-0.3, -0.25) is 0 Å². The van der Waals surface area contributed by atoms with Gasteiger partial charge in [0.2, 0.25) is 5.82 Å². The third kappa shape index (κ3) is 4.89. The Kier molecular flexibility index (Phi) is 5.86. The molecule has 1 aliphatic rings. The van der Waals surface area contributed by atoms with E-state index in [1.807, 2.05) is 6.07 Å². The highest BCUT2D eigenvalue weighted by molar-refractivity contribution is 7.92. The number of ether oxygens (including phenoxy) is 1. The van der Waals surface area contributed by atoms with Crippen molar-refractivity contribution >= 4 is 27.3 Å². The van der Waals surface area contributed by atoms with Crippen LogP contribution in [0, 0.1) is 11.3 Å². The Morgan fingerprint density at radius 2 is 2.10 bits per heavy atom. The van der Waals surface area contributed by atoms with E-state index in [9.17, 15) is 21.6 Å². The number of alkyl halides is 3. The second kappa shape index (κ2) is 8.04. The van der Waals surface area contributed by atoms with Crippen LogP contribution in [0.2, 0.25) is 5.02 Å². The fraction of sp³-hybridized carbons (Fsp3) is 0.353. The van der Waals surface area contributed by atoms with Gasteiger partial charge in [0.05, 0.1) is 15.2 Å². The lowest BCUT2D eigenvalue weighted by Crippen LogP contribution is -2.28. The molecule has 0 N–H and O–H groups in total. The molecule has 0 aliphatic carbocycles. The number of hydrogen-bond donors (Lipinski definition) is 0. The van der Waals surface area contributed by atoms with Crippen LogP contribution < -0.4 is 9.64 Å². The molecule has 2 aromatic rings. The van der Waals surface area contributed by atoms with Gasteiger partial charge in [-0.25, -0.2) is 18.4 Å². The lowest BCUT2D eigenvalue weighted by Gasteiger charge is -2.18. The van der Waals surface area contributed by atoms with Gasteiger partial charge in [0, 0.05) is 25.4 Å². The summed E-state index contributed by atoms with van der Waals surface area (Å²) < 4.78 is 67.3. The van der Waals surface area contributed by atoms with Crippen molar-refractivity contribution < 1.29 is 26.3 Å². The van der Waals surface area contributed by atoms with Crippen LogP contribution in [-0.4, -0.2) is 49.5 Å². The number of sulfone groups is 1. The zero-order valence-electron chi connectivity index (χ0n) is 14.7. The number of benzene rings is 1. The zero-order valence-corrected chi connectivity index (χ0v) is 16.3. The highest BCUT2D eigenvalue weighted by atomic mass is 35.5. The van der Waals surface area contributed by atoms with Crippen LogP contribution in [0.15, 0.2) is 35.4 Å². The first-order valence-corrected chi connectivity index (χ1v) is 10.2. The van der Waals surface area contributed by atoms with Crippen LogP contribution in [-0.2, 0) is 9.84 Å². The van der Waals surface area contributed by atoms with Crippen molar-refractivity contribution in [3.8, 4) is 11.8 Å². The van der Waals surface area contributed by atoms with Gasteiger partial charge in [0.25, 0.3) is 0 Å². The molecule has 7 nitrogen and oxygen atoms in total. The second-order valence-electron chi connectivity index (χ2n) is 6.25. The SMILES string of the molecule is N#Cc1nccc(N2CC[C@H](S(=O)(=O)c3ccc(OCC(F)(F)F)cc3Cl)C2)n1. The van der Waals surface area contributed by atoms with E-state index in [0.717, 1.165) is 18.2 Å². The third-order valence-corrected chi connectivity index (χ3v) is 6.92. The predicted octanol–water partition coefficient (Wildman–Crippen LogP) is 3.00. The zero-order chi connectivity index (χ0) is 21.2. The first kappa shape index (κ1) is 21.1. The van der Waals surface area contributed by atoms with Crippen LogP contribution in [0.25, 0.3) is 0 Å². The van der Waals surface area contributed by atoms with Crippen molar-refractivity contribution in [1.82, 2.24) is 9.97 Å². The Morgan fingerprint density at radius 1 is 1.34 bits per heavy atom. The minimum atomic E-state index is -4.52. The van der Waals surface area contributed by atoms with Crippen molar-refractivity contribution in [2.24, 2.45) is 0 Å². The summed E-state index contributed by atoms with van der Waals surface area (Å²) in [6.07, 6.45) is -2.80. The Balaban J connectivity index is 1.76. The first-order chi connectivity index (χ1) is 13.6. The van der Waals surface area contributed by atoms with Gasteiger partial charge in [-0.05, 0) is 24.6 Å². The molecule has 0 saturated carbocycles. The van der Waals surface area contributed by atoms with Crippen LogP contribution in [0.5, 0.6) is 5.75 Å². The van der Waals surface area contributed by atoms with Crippen molar-refractivity contribution in [3.05, 3.63) is 41.3 Å². The molecule has 29 heavy (non-hydrogen) atoms. The third-order valence-electron chi connectivity index (χ3n) is 4.26. The summed E-state index contributed by atoms with van der Waals surface area (Å²) in [4.78, 5) is 9.38. The molecular formula is C17H14ClF3N4O3S. The maximum absolute atomic E-state index is 13.0. The topological polar surface area (TPSA) is 96.2 Å². The average molecular weight is 447 g/mol. The Labute approximate surface area is 169 Å². The van der Waals surface area contributed by atoms with Gasteiger partial charge in [-0.1, -0.05) is 11.6 Å². The van der Waals surface area contributed by atoms with E-state index >= 15 is 0 Å². The molecule has 0 bridgehead atoms. The summed E-state index contributed by atoms with van der Waals surface area (Å²) in [5.74, 6) is 0.242. The van der Waals surface area contributed by atoms with E-state index in [0.29, 0.717) is 18.8 Å². The molecular weight excluding hydrogens is 433 g/mol. The minimum absolute atomic E-state index is 0.0219. The number of rotatable bonds is 5. The number of halogens is 4. The monoisotopic (exact) mass is 446 g/mol. The molecule has 1 aromatic carbocycles. The smallest absolute Gasteiger partial charge is 0.422 e. The molecule has 0 unspecified atom stereocenters. The highest BCUT2D eigenvalue weighted by Gasteiger charge is 2.36. The molecule has 1 fully saturated rings. The maximum atomic E-state index is 13.0. The number of nitriles is 1. The molecule has 154 valence electrons. The molecule has 12 heteroatoms. The van der Waals surface area contributed by atoms with E-state index in [1.54, 1.807) is 11.0 Å². The maximum Gasteiger partial charge on any atom is 0.422 e. The Hall–Kier alpha value is -2.58. The fourth-order valence-electron chi connectivity index (χ4n) is 2.92. The molecule has 1 saturated heterocycles. The van der Waals surface area contributed by atoms with Crippen LogP contribution in [0.3, 0.4) is 0 Å².